The summed E-state index contributed by atoms with van der Waals surface area (Å²) in [6.45, 7) is 6.68. The van der Waals surface area contributed by atoms with Crippen LogP contribution < -0.4 is 0 Å². The third kappa shape index (κ3) is 4.88. The number of hydrogen-bond donors (Lipinski definition) is 1. The van der Waals surface area contributed by atoms with Crippen LogP contribution in [0, 0.1) is 12.8 Å². The predicted octanol–water partition coefficient (Wildman–Crippen LogP) is 5.86. The Bertz CT molecular complexity index is 1080. The number of carbonyl (C=O) groups excluding carboxylic acids is 1. The van der Waals surface area contributed by atoms with Gasteiger partial charge >= 0.3 is 5.97 Å². The molecule has 0 radical (unpaired) electrons. The fourth-order valence-corrected chi connectivity index (χ4v) is 4.55. The third-order valence-corrected chi connectivity index (χ3v) is 6.73. The number of aromatic nitrogens is 1. The lowest BCUT2D eigenvalue weighted by Crippen LogP contribution is -2.23. The van der Waals surface area contributed by atoms with Crippen LogP contribution in [-0.4, -0.2) is 29.4 Å². The van der Waals surface area contributed by atoms with Crippen molar-refractivity contribution in [2.75, 3.05) is 13.2 Å². The number of nitrogens with zero attached hydrogens (tertiary/aromatic N) is 1. The lowest BCUT2D eigenvalue weighted by Gasteiger charge is -2.15. The zero-order valence-electron chi connectivity index (χ0n) is 19.8. The minimum atomic E-state index is -0.437. The average Bonchev–Trinajstić information content (AvgIpc) is 3.58. The number of rotatable bonds is 10. The van der Waals surface area contributed by atoms with Crippen molar-refractivity contribution in [1.82, 2.24) is 5.16 Å². The molecule has 1 fully saturated rings. The number of carbonyl (C=O) groups is 1. The molecule has 1 aliphatic rings. The molecule has 1 atom stereocenters. The lowest BCUT2D eigenvalue weighted by molar-refractivity contribution is -0.146. The molecule has 174 valence electrons. The van der Waals surface area contributed by atoms with Crippen LogP contribution in [0.25, 0.3) is 22.5 Å². The summed E-state index contributed by atoms with van der Waals surface area (Å²) in [4.78, 5) is 12.4. The van der Waals surface area contributed by atoms with Gasteiger partial charge in [-0.25, -0.2) is 0 Å². The smallest absolute Gasteiger partial charge is 0.316 e. The van der Waals surface area contributed by atoms with Crippen LogP contribution in [0.5, 0.6) is 0 Å². The first-order valence-electron chi connectivity index (χ1n) is 11.9. The number of benzene rings is 2. The van der Waals surface area contributed by atoms with Crippen molar-refractivity contribution in [3.63, 3.8) is 0 Å². The summed E-state index contributed by atoms with van der Waals surface area (Å²) >= 11 is 0. The number of esters is 1. The molecule has 1 heterocycles. The van der Waals surface area contributed by atoms with Crippen LogP contribution in [0.4, 0.5) is 0 Å². The normalized spacial score (nSPS) is 15.3. The fourth-order valence-electron chi connectivity index (χ4n) is 4.55. The van der Waals surface area contributed by atoms with E-state index in [2.05, 4.69) is 60.6 Å². The minimum absolute atomic E-state index is 0.106. The van der Waals surface area contributed by atoms with Crippen LogP contribution in [-0.2, 0) is 21.4 Å². The van der Waals surface area contributed by atoms with E-state index >= 15 is 0 Å². The van der Waals surface area contributed by atoms with Crippen molar-refractivity contribution >= 4 is 5.97 Å². The Morgan fingerprint density at radius 1 is 1.09 bits per heavy atom. The molecule has 0 aliphatic heterocycles. The van der Waals surface area contributed by atoms with Crippen LogP contribution in [0.3, 0.4) is 0 Å². The Labute approximate surface area is 195 Å². The topological polar surface area (TPSA) is 72.6 Å². The molecule has 5 nitrogen and oxygen atoms in total. The van der Waals surface area contributed by atoms with Crippen LogP contribution >= 0.6 is 0 Å². The molecule has 1 saturated carbocycles. The highest BCUT2D eigenvalue weighted by Gasteiger charge is 2.52. The minimum Gasteiger partial charge on any atom is -0.465 e. The van der Waals surface area contributed by atoms with E-state index in [4.69, 9.17) is 14.4 Å². The van der Waals surface area contributed by atoms with E-state index in [0.29, 0.717) is 12.5 Å². The Hall–Kier alpha value is -2.92. The van der Waals surface area contributed by atoms with Gasteiger partial charge in [-0.3, -0.25) is 4.79 Å². The van der Waals surface area contributed by atoms with Crippen molar-refractivity contribution in [3.05, 3.63) is 65.4 Å². The maximum Gasteiger partial charge on any atom is 0.316 e. The number of hydrogen-bond acceptors (Lipinski definition) is 5. The summed E-state index contributed by atoms with van der Waals surface area (Å²) in [7, 11) is 0. The van der Waals surface area contributed by atoms with Crippen molar-refractivity contribution in [2.45, 2.75) is 58.3 Å². The zero-order chi connectivity index (χ0) is 23.4. The molecule has 0 saturated heterocycles. The standard InChI is InChI=1S/C28H33NO4/c1-4-32-27(31)28(15-16-28)24-13-11-22(12-14-24)21-7-9-23(10-8-21)26-25(20(3)29-33-26)18-19(2)6-5-17-30/h7-14,19,30H,4-6,15-18H2,1-3H3. The van der Waals surface area contributed by atoms with E-state index in [9.17, 15) is 4.79 Å². The maximum atomic E-state index is 12.4. The van der Waals surface area contributed by atoms with E-state index in [0.717, 1.165) is 71.4 Å². The lowest BCUT2D eigenvalue weighted by atomic mass is 9.92. The number of aliphatic hydroxyl groups excluding tert-OH is 1. The molecule has 33 heavy (non-hydrogen) atoms. The Morgan fingerprint density at radius 2 is 1.70 bits per heavy atom. The summed E-state index contributed by atoms with van der Waals surface area (Å²) < 4.78 is 11.0. The van der Waals surface area contributed by atoms with Crippen LogP contribution in [0.2, 0.25) is 0 Å². The second kappa shape index (κ2) is 9.92. The van der Waals surface area contributed by atoms with Crippen molar-refractivity contribution in [3.8, 4) is 22.5 Å². The van der Waals surface area contributed by atoms with Gasteiger partial charge in [-0.05, 0) is 68.6 Å². The van der Waals surface area contributed by atoms with E-state index in [1.807, 2.05) is 13.8 Å². The zero-order valence-corrected chi connectivity index (χ0v) is 19.8. The molecule has 0 amide bonds. The van der Waals surface area contributed by atoms with Gasteiger partial charge in [-0.1, -0.05) is 60.6 Å². The van der Waals surface area contributed by atoms with Gasteiger partial charge < -0.3 is 14.4 Å². The van der Waals surface area contributed by atoms with Gasteiger partial charge in [0, 0.05) is 17.7 Å². The van der Waals surface area contributed by atoms with E-state index in [1.165, 1.54) is 0 Å². The summed E-state index contributed by atoms with van der Waals surface area (Å²) in [5.41, 5.74) is 5.91. The second-order valence-electron chi connectivity index (χ2n) is 9.21. The first-order chi connectivity index (χ1) is 16.0. The van der Waals surface area contributed by atoms with Crippen LogP contribution in [0.1, 0.15) is 56.4 Å². The van der Waals surface area contributed by atoms with Crippen molar-refractivity contribution in [1.29, 1.82) is 0 Å². The number of aryl methyl sites for hydroxylation is 1. The Balaban J connectivity index is 1.50. The van der Waals surface area contributed by atoms with Gasteiger partial charge in [0.25, 0.3) is 0 Å². The van der Waals surface area contributed by atoms with Crippen molar-refractivity contribution < 1.29 is 19.2 Å². The quantitative estimate of drug-likeness (QED) is 0.394. The second-order valence-corrected chi connectivity index (χ2v) is 9.21. The molecule has 3 aromatic rings. The maximum absolute atomic E-state index is 12.4. The van der Waals surface area contributed by atoms with E-state index in [1.54, 1.807) is 0 Å². The molecule has 4 rings (SSSR count). The average molecular weight is 448 g/mol. The van der Waals surface area contributed by atoms with E-state index < -0.39 is 5.41 Å². The molecule has 1 aromatic heterocycles. The molecule has 1 unspecified atom stereocenters. The van der Waals surface area contributed by atoms with Gasteiger partial charge in [0.1, 0.15) is 0 Å². The first-order valence-corrected chi connectivity index (χ1v) is 11.9. The fraction of sp³-hybridized carbons (Fsp3) is 0.429. The Morgan fingerprint density at radius 3 is 2.27 bits per heavy atom. The first kappa shape index (κ1) is 23.2. The summed E-state index contributed by atoms with van der Waals surface area (Å²) in [5, 5.41) is 13.3. The van der Waals surface area contributed by atoms with Gasteiger partial charge in [0.05, 0.1) is 17.7 Å². The largest absolute Gasteiger partial charge is 0.465 e. The molecule has 0 spiro atoms. The molecule has 0 bridgehead atoms. The van der Waals surface area contributed by atoms with Gasteiger partial charge in [-0.2, -0.15) is 0 Å². The molecule has 1 aliphatic carbocycles. The summed E-state index contributed by atoms with van der Waals surface area (Å²) in [6.07, 6.45) is 4.40. The molecular weight excluding hydrogens is 414 g/mol. The molecule has 5 heteroatoms. The number of ether oxygens (including phenoxy) is 1. The highest BCUT2D eigenvalue weighted by atomic mass is 16.5. The van der Waals surface area contributed by atoms with E-state index in [-0.39, 0.29) is 12.6 Å². The van der Waals surface area contributed by atoms with Gasteiger partial charge in [0.15, 0.2) is 5.76 Å². The summed E-state index contributed by atoms with van der Waals surface area (Å²) in [6, 6.07) is 16.6. The van der Waals surface area contributed by atoms with Crippen LogP contribution in [0.15, 0.2) is 53.1 Å². The third-order valence-electron chi connectivity index (χ3n) is 6.73. The van der Waals surface area contributed by atoms with Gasteiger partial charge in [0.2, 0.25) is 0 Å². The highest BCUT2D eigenvalue weighted by Crippen LogP contribution is 2.49. The highest BCUT2D eigenvalue weighted by molar-refractivity contribution is 5.87. The Kier molecular flexibility index (Phi) is 6.99. The number of aliphatic hydroxyl groups is 1. The monoisotopic (exact) mass is 447 g/mol. The molecular formula is C28H33NO4. The summed E-state index contributed by atoms with van der Waals surface area (Å²) in [5.74, 6) is 1.18. The SMILES string of the molecule is CCOC(=O)C1(c2ccc(-c3ccc(-c4onc(C)c4CC(C)CCCO)cc3)cc2)CC1. The van der Waals surface area contributed by atoms with Crippen molar-refractivity contribution in [2.24, 2.45) is 5.92 Å². The molecule has 1 N–H and O–H groups in total. The van der Waals surface area contributed by atoms with Gasteiger partial charge in [-0.15, -0.1) is 0 Å². The predicted molar refractivity (Wildman–Crippen MR) is 129 cm³/mol. The molecule has 2 aromatic carbocycles.